The van der Waals surface area contributed by atoms with Crippen molar-refractivity contribution in [1.29, 1.82) is 0 Å². The van der Waals surface area contributed by atoms with Gasteiger partial charge in [0.25, 0.3) is 0 Å². The van der Waals surface area contributed by atoms with Gasteiger partial charge in [-0.1, -0.05) is 34.1 Å². The van der Waals surface area contributed by atoms with Gasteiger partial charge in [-0.25, -0.2) is 12.8 Å². The van der Waals surface area contributed by atoms with Crippen molar-refractivity contribution in [2.45, 2.75) is 24.8 Å². The van der Waals surface area contributed by atoms with Gasteiger partial charge < -0.3 is 4.74 Å². The molecule has 0 radical (unpaired) electrons. The number of esters is 1. The highest BCUT2D eigenvalue weighted by molar-refractivity contribution is 9.10. The molecule has 0 fully saturated rings. The Morgan fingerprint density at radius 3 is 2.42 bits per heavy atom. The average molecular weight is 444 g/mol. The van der Waals surface area contributed by atoms with Crippen LogP contribution in [0.5, 0.6) is 0 Å². The quantitative estimate of drug-likeness (QED) is 0.583. The molecule has 0 aliphatic rings. The van der Waals surface area contributed by atoms with Crippen molar-refractivity contribution in [3.05, 3.63) is 64.4 Å². The van der Waals surface area contributed by atoms with Crippen molar-refractivity contribution in [3.8, 4) is 0 Å². The molecule has 0 spiro atoms. The Bertz CT molecular complexity index is 856. The van der Waals surface area contributed by atoms with Gasteiger partial charge in [-0.05, 0) is 37.3 Å². The highest BCUT2D eigenvalue weighted by Crippen LogP contribution is 2.22. The normalized spacial score (nSPS) is 11.5. The molecule has 2 aromatic carbocycles. The van der Waals surface area contributed by atoms with E-state index in [2.05, 4.69) is 15.9 Å². The fourth-order valence-electron chi connectivity index (χ4n) is 2.31. The summed E-state index contributed by atoms with van der Waals surface area (Å²) < 4.78 is 46.6. The van der Waals surface area contributed by atoms with Crippen LogP contribution in [0, 0.1) is 5.82 Å². The summed E-state index contributed by atoms with van der Waals surface area (Å²) in [5.41, 5.74) is 0.233. The van der Waals surface area contributed by atoms with Crippen LogP contribution < -0.4 is 0 Å². The van der Waals surface area contributed by atoms with Gasteiger partial charge in [-0.3, -0.25) is 4.79 Å². The van der Waals surface area contributed by atoms with Gasteiger partial charge in [-0.2, -0.15) is 4.31 Å². The Hall–Kier alpha value is -1.77. The zero-order valence-corrected chi connectivity index (χ0v) is 16.6. The van der Waals surface area contributed by atoms with Crippen LogP contribution in [0.4, 0.5) is 4.39 Å². The van der Waals surface area contributed by atoms with E-state index in [9.17, 15) is 17.6 Å². The van der Waals surface area contributed by atoms with E-state index < -0.39 is 21.8 Å². The Morgan fingerprint density at radius 1 is 1.15 bits per heavy atom. The Kier molecular flexibility index (Phi) is 7.31. The monoisotopic (exact) mass is 443 g/mol. The van der Waals surface area contributed by atoms with Crippen LogP contribution in [-0.4, -0.2) is 31.8 Å². The lowest BCUT2D eigenvalue weighted by Crippen LogP contribution is -2.33. The van der Waals surface area contributed by atoms with E-state index >= 15 is 0 Å². The number of halogens is 2. The van der Waals surface area contributed by atoms with Gasteiger partial charge >= 0.3 is 5.97 Å². The first-order chi connectivity index (χ1) is 12.3. The second-order valence-electron chi connectivity index (χ2n) is 5.44. The Labute approximate surface area is 161 Å². The van der Waals surface area contributed by atoms with E-state index in [1.54, 1.807) is 25.1 Å². The smallest absolute Gasteiger partial charge is 0.307 e. The highest BCUT2D eigenvalue weighted by Gasteiger charge is 2.26. The molecule has 0 aromatic heterocycles. The number of sulfonamides is 1. The number of hydrogen-bond donors (Lipinski definition) is 0. The van der Waals surface area contributed by atoms with Gasteiger partial charge in [0.15, 0.2) is 0 Å². The fraction of sp³-hybridized carbons (Fsp3) is 0.278. The first-order valence-electron chi connectivity index (χ1n) is 7.99. The summed E-state index contributed by atoms with van der Waals surface area (Å²) in [5, 5.41) is 0. The number of nitrogens with zero attached hydrogens (tertiary/aromatic N) is 1. The summed E-state index contributed by atoms with van der Waals surface area (Å²) in [7, 11) is -3.91. The molecule has 5 nitrogen and oxygen atoms in total. The van der Waals surface area contributed by atoms with Crippen molar-refractivity contribution >= 4 is 31.9 Å². The third-order valence-corrected chi connectivity index (χ3v) is 6.01. The molecule has 140 valence electrons. The van der Waals surface area contributed by atoms with Crippen molar-refractivity contribution in [3.63, 3.8) is 0 Å². The predicted octanol–water partition coefficient (Wildman–Crippen LogP) is 3.73. The summed E-state index contributed by atoms with van der Waals surface area (Å²) in [5.74, 6) is -1.00. The minimum atomic E-state index is -3.91. The minimum absolute atomic E-state index is 0.0703. The van der Waals surface area contributed by atoms with Crippen LogP contribution in [0.2, 0.25) is 0 Å². The Balaban J connectivity index is 2.30. The molecule has 2 rings (SSSR count). The number of rotatable bonds is 8. The van der Waals surface area contributed by atoms with E-state index in [0.29, 0.717) is 0 Å². The average Bonchev–Trinajstić information content (AvgIpc) is 2.60. The lowest BCUT2D eigenvalue weighted by molar-refractivity contribution is -0.143. The van der Waals surface area contributed by atoms with Gasteiger partial charge in [-0.15, -0.1) is 0 Å². The predicted molar refractivity (Wildman–Crippen MR) is 99.4 cm³/mol. The molecule has 0 saturated carbocycles. The molecule has 8 heteroatoms. The minimum Gasteiger partial charge on any atom is -0.466 e. The molecule has 0 amide bonds. The molecule has 0 N–H and O–H groups in total. The number of carbonyl (C=O) groups excluding carboxylic acids is 1. The van der Waals surface area contributed by atoms with Crippen LogP contribution in [0.1, 0.15) is 18.9 Å². The third kappa shape index (κ3) is 5.36. The summed E-state index contributed by atoms with van der Waals surface area (Å²) in [6.07, 6.45) is -0.113. The Morgan fingerprint density at radius 2 is 1.81 bits per heavy atom. The fourth-order valence-corrected chi connectivity index (χ4v) is 3.99. The van der Waals surface area contributed by atoms with Crippen molar-refractivity contribution in [2.75, 3.05) is 13.2 Å². The van der Waals surface area contributed by atoms with Gasteiger partial charge in [0.2, 0.25) is 10.0 Å². The lowest BCUT2D eigenvalue weighted by Gasteiger charge is -2.22. The first-order valence-corrected chi connectivity index (χ1v) is 10.2. The van der Waals surface area contributed by atoms with Crippen molar-refractivity contribution in [1.82, 2.24) is 4.31 Å². The number of hydrogen-bond acceptors (Lipinski definition) is 4. The summed E-state index contributed by atoms with van der Waals surface area (Å²) in [6, 6.07) is 12.1. The molecule has 2 aromatic rings. The maximum atomic E-state index is 14.0. The summed E-state index contributed by atoms with van der Waals surface area (Å²) in [6.45, 7) is 1.61. The molecule has 0 heterocycles. The molecule has 0 aliphatic heterocycles. The lowest BCUT2D eigenvalue weighted by atomic mass is 10.2. The standard InChI is InChI=1S/C18H19BrFNO4S/c1-2-25-18(22)11-12-21(13-14-5-3-4-6-17(14)20)26(23,24)16-9-7-15(19)8-10-16/h3-10H,2,11-13H2,1H3. The zero-order chi connectivity index (χ0) is 19.2. The number of benzene rings is 2. The molecule has 0 bridgehead atoms. The zero-order valence-electron chi connectivity index (χ0n) is 14.2. The van der Waals surface area contributed by atoms with Crippen LogP contribution in [0.15, 0.2) is 57.9 Å². The van der Waals surface area contributed by atoms with Gasteiger partial charge in [0.1, 0.15) is 5.82 Å². The van der Waals surface area contributed by atoms with Crippen LogP contribution in [0.3, 0.4) is 0 Å². The number of carbonyl (C=O) groups is 1. The van der Waals surface area contributed by atoms with Crippen LogP contribution >= 0.6 is 15.9 Å². The van der Waals surface area contributed by atoms with Crippen LogP contribution in [-0.2, 0) is 26.1 Å². The van der Waals surface area contributed by atoms with Crippen molar-refractivity contribution in [2.24, 2.45) is 0 Å². The van der Waals surface area contributed by atoms with E-state index in [1.807, 2.05) is 0 Å². The second-order valence-corrected chi connectivity index (χ2v) is 8.29. The third-order valence-electron chi connectivity index (χ3n) is 3.63. The van der Waals surface area contributed by atoms with Crippen LogP contribution in [0.25, 0.3) is 0 Å². The molecule has 0 unspecified atom stereocenters. The number of ether oxygens (including phenoxy) is 1. The second kappa shape index (κ2) is 9.25. The highest BCUT2D eigenvalue weighted by atomic mass is 79.9. The molecular weight excluding hydrogens is 425 g/mol. The van der Waals surface area contributed by atoms with E-state index in [1.165, 1.54) is 30.3 Å². The molecule has 0 saturated heterocycles. The van der Waals surface area contributed by atoms with Gasteiger partial charge in [0, 0.05) is 23.1 Å². The van der Waals surface area contributed by atoms with E-state index in [-0.39, 0.29) is 36.6 Å². The molecule has 26 heavy (non-hydrogen) atoms. The van der Waals surface area contributed by atoms with E-state index in [0.717, 1.165) is 8.78 Å². The summed E-state index contributed by atoms with van der Waals surface area (Å²) in [4.78, 5) is 11.7. The molecule has 0 aliphatic carbocycles. The van der Waals surface area contributed by atoms with Crippen molar-refractivity contribution < 1.29 is 22.3 Å². The van der Waals surface area contributed by atoms with Gasteiger partial charge in [0.05, 0.1) is 17.9 Å². The maximum Gasteiger partial charge on any atom is 0.307 e. The first kappa shape index (κ1) is 20.5. The summed E-state index contributed by atoms with van der Waals surface area (Å²) >= 11 is 3.26. The molecular formula is C18H19BrFNO4S. The van der Waals surface area contributed by atoms with E-state index in [4.69, 9.17) is 4.74 Å². The largest absolute Gasteiger partial charge is 0.466 e. The SMILES string of the molecule is CCOC(=O)CCN(Cc1ccccc1F)S(=O)(=O)c1ccc(Br)cc1. The molecule has 0 atom stereocenters. The maximum absolute atomic E-state index is 14.0. The topological polar surface area (TPSA) is 63.7 Å².